The summed E-state index contributed by atoms with van der Waals surface area (Å²) in [6.45, 7) is 8.62. The highest BCUT2D eigenvalue weighted by Crippen LogP contribution is 2.29. The van der Waals surface area contributed by atoms with E-state index in [4.69, 9.17) is 4.99 Å². The maximum atomic E-state index is 5.00. The van der Waals surface area contributed by atoms with Crippen molar-refractivity contribution in [3.63, 3.8) is 0 Å². The van der Waals surface area contributed by atoms with Crippen molar-refractivity contribution in [3.8, 4) is 0 Å². The molecule has 1 aliphatic heterocycles. The van der Waals surface area contributed by atoms with Gasteiger partial charge >= 0.3 is 0 Å². The van der Waals surface area contributed by atoms with Gasteiger partial charge < -0.3 is 10.2 Å². The Morgan fingerprint density at radius 3 is 2.88 bits per heavy atom. The largest absolute Gasteiger partial charge is 0.357 e. The van der Waals surface area contributed by atoms with Gasteiger partial charge in [0.25, 0.3) is 0 Å². The minimum absolute atomic E-state index is 0. The maximum Gasteiger partial charge on any atom is 0.193 e. The van der Waals surface area contributed by atoms with Gasteiger partial charge in [0.2, 0.25) is 0 Å². The first-order chi connectivity index (χ1) is 11.7. The average molecular weight is 459 g/mol. The minimum Gasteiger partial charge on any atom is -0.357 e. The number of nitrogens with zero attached hydrogens (tertiary/aromatic N) is 4. The van der Waals surface area contributed by atoms with Crippen molar-refractivity contribution in [1.29, 1.82) is 0 Å². The number of guanidine groups is 1. The Labute approximate surface area is 169 Å². The fourth-order valence-corrected chi connectivity index (χ4v) is 4.24. The van der Waals surface area contributed by atoms with E-state index in [0.717, 1.165) is 44.0 Å². The molecule has 1 N–H and O–H groups in total. The van der Waals surface area contributed by atoms with E-state index in [1.807, 2.05) is 17.9 Å². The van der Waals surface area contributed by atoms with E-state index in [0.29, 0.717) is 5.92 Å². The third-order valence-electron chi connectivity index (χ3n) is 5.56. The normalized spacial score (nSPS) is 27.2. The molecule has 3 unspecified atom stereocenters. The molecule has 6 heteroatoms. The lowest BCUT2D eigenvalue weighted by Gasteiger charge is -2.27. The summed E-state index contributed by atoms with van der Waals surface area (Å²) in [4.78, 5) is 7.44. The number of nitrogens with one attached hydrogen (secondary N) is 1. The second kappa shape index (κ2) is 9.78. The summed E-state index contributed by atoms with van der Waals surface area (Å²) >= 11 is 0. The molecule has 25 heavy (non-hydrogen) atoms. The molecule has 3 atom stereocenters. The van der Waals surface area contributed by atoms with E-state index >= 15 is 0 Å². The number of rotatable bonds is 4. The number of hydrogen-bond acceptors (Lipinski definition) is 2. The topological polar surface area (TPSA) is 45.5 Å². The average Bonchev–Trinajstić information content (AvgIpc) is 3.20. The molecule has 0 radical (unpaired) electrons. The van der Waals surface area contributed by atoms with Crippen LogP contribution in [0.25, 0.3) is 0 Å². The molecule has 1 aliphatic carbocycles. The van der Waals surface area contributed by atoms with Gasteiger partial charge in [-0.1, -0.05) is 19.8 Å². The third-order valence-corrected chi connectivity index (χ3v) is 5.56. The Morgan fingerprint density at radius 2 is 2.20 bits per heavy atom. The predicted molar refractivity (Wildman–Crippen MR) is 115 cm³/mol. The highest BCUT2D eigenvalue weighted by atomic mass is 127. The lowest BCUT2D eigenvalue weighted by atomic mass is 9.82. The van der Waals surface area contributed by atoms with Gasteiger partial charge in [-0.25, -0.2) is 0 Å². The molecule has 1 saturated heterocycles. The van der Waals surface area contributed by atoms with Gasteiger partial charge in [0, 0.05) is 45.3 Å². The van der Waals surface area contributed by atoms with Crippen molar-refractivity contribution in [2.24, 2.45) is 23.9 Å². The molecule has 142 valence electrons. The van der Waals surface area contributed by atoms with Gasteiger partial charge in [0.15, 0.2) is 5.96 Å². The lowest BCUT2D eigenvalue weighted by molar-refractivity contribution is 0.288. The van der Waals surface area contributed by atoms with E-state index in [2.05, 4.69) is 35.4 Å². The zero-order valence-electron chi connectivity index (χ0n) is 15.9. The number of likely N-dealkylation sites (tertiary alicyclic amines) is 1. The highest BCUT2D eigenvalue weighted by molar-refractivity contribution is 14.0. The molecule has 2 heterocycles. The summed E-state index contributed by atoms with van der Waals surface area (Å²) in [6.07, 6.45) is 10.8. The van der Waals surface area contributed by atoms with Crippen LogP contribution in [0.1, 0.15) is 57.4 Å². The molecule has 2 aliphatic rings. The second-order valence-electron chi connectivity index (χ2n) is 7.71. The van der Waals surface area contributed by atoms with Crippen molar-refractivity contribution < 1.29 is 0 Å². The van der Waals surface area contributed by atoms with E-state index in [9.17, 15) is 0 Å². The van der Waals surface area contributed by atoms with Gasteiger partial charge in [-0.2, -0.15) is 5.10 Å². The minimum atomic E-state index is 0. The summed E-state index contributed by atoms with van der Waals surface area (Å²) in [5, 5.41) is 7.83. The lowest BCUT2D eigenvalue weighted by Crippen LogP contribution is -2.40. The van der Waals surface area contributed by atoms with E-state index < -0.39 is 0 Å². The van der Waals surface area contributed by atoms with Crippen LogP contribution in [0.5, 0.6) is 0 Å². The van der Waals surface area contributed by atoms with Crippen molar-refractivity contribution >= 4 is 29.9 Å². The molecule has 0 bridgehead atoms. The Morgan fingerprint density at radius 1 is 1.36 bits per heavy atom. The first kappa shape index (κ1) is 20.5. The fraction of sp³-hybridized carbons (Fsp3) is 0.789. The second-order valence-corrected chi connectivity index (χ2v) is 7.71. The van der Waals surface area contributed by atoms with Crippen LogP contribution >= 0.6 is 24.0 Å². The molecule has 0 spiro atoms. The summed E-state index contributed by atoms with van der Waals surface area (Å²) in [7, 11) is 1.99. The van der Waals surface area contributed by atoms with Gasteiger partial charge in [-0.15, -0.1) is 24.0 Å². The van der Waals surface area contributed by atoms with Crippen LogP contribution in [0.3, 0.4) is 0 Å². The standard InChI is InChI=1S/C19H33N5.HI/c1-4-20-19(21-11-16-7-5-6-15(2)10-16)24-9-8-17(14-24)18-12-22-23(3)13-18;/h12-13,15-17H,4-11,14H2,1-3H3,(H,20,21);1H. The number of halogens is 1. The van der Waals surface area contributed by atoms with Crippen LogP contribution < -0.4 is 5.32 Å². The van der Waals surface area contributed by atoms with Crippen molar-refractivity contribution in [2.75, 3.05) is 26.2 Å². The molecular weight excluding hydrogens is 425 g/mol. The number of aryl methyl sites for hydroxylation is 1. The molecule has 0 amide bonds. The van der Waals surface area contributed by atoms with Crippen LogP contribution in [0.15, 0.2) is 17.4 Å². The molecule has 1 saturated carbocycles. The first-order valence-corrected chi connectivity index (χ1v) is 9.67. The Kier molecular flexibility index (Phi) is 8.03. The Hall–Kier alpha value is -0.790. The number of aromatic nitrogens is 2. The van der Waals surface area contributed by atoms with Crippen LogP contribution in [0, 0.1) is 11.8 Å². The fourth-order valence-electron chi connectivity index (χ4n) is 4.24. The van der Waals surface area contributed by atoms with E-state index in [1.54, 1.807) is 0 Å². The smallest absolute Gasteiger partial charge is 0.193 e. The van der Waals surface area contributed by atoms with Crippen LogP contribution in [-0.4, -0.2) is 46.8 Å². The molecule has 0 aromatic carbocycles. The Balaban J connectivity index is 0.00000225. The summed E-state index contributed by atoms with van der Waals surface area (Å²) < 4.78 is 1.90. The van der Waals surface area contributed by atoms with Crippen molar-refractivity contribution in [1.82, 2.24) is 20.0 Å². The van der Waals surface area contributed by atoms with Crippen molar-refractivity contribution in [2.45, 2.75) is 51.9 Å². The molecule has 1 aromatic heterocycles. The van der Waals surface area contributed by atoms with Gasteiger partial charge in [-0.05, 0) is 43.6 Å². The summed E-state index contributed by atoms with van der Waals surface area (Å²) in [5.41, 5.74) is 1.36. The van der Waals surface area contributed by atoms with Crippen molar-refractivity contribution in [3.05, 3.63) is 18.0 Å². The monoisotopic (exact) mass is 459 g/mol. The SMILES string of the molecule is CCNC(=NCC1CCCC(C)C1)N1CCC(c2cnn(C)c2)C1.I. The predicted octanol–water partition coefficient (Wildman–Crippen LogP) is 3.62. The number of hydrogen-bond donors (Lipinski definition) is 1. The molecule has 2 fully saturated rings. The molecular formula is C19H34IN5. The van der Waals surface area contributed by atoms with Crippen LogP contribution in [0.2, 0.25) is 0 Å². The summed E-state index contributed by atoms with van der Waals surface area (Å²) in [6, 6.07) is 0. The Bertz CT molecular complexity index is 556. The highest BCUT2D eigenvalue weighted by Gasteiger charge is 2.27. The van der Waals surface area contributed by atoms with Crippen LogP contribution in [0.4, 0.5) is 0 Å². The molecule has 5 nitrogen and oxygen atoms in total. The van der Waals surface area contributed by atoms with Gasteiger partial charge in [0.1, 0.15) is 0 Å². The van der Waals surface area contributed by atoms with Gasteiger partial charge in [-0.3, -0.25) is 9.67 Å². The molecule has 1 aromatic rings. The van der Waals surface area contributed by atoms with E-state index in [1.165, 1.54) is 37.7 Å². The first-order valence-electron chi connectivity index (χ1n) is 9.67. The summed E-state index contributed by atoms with van der Waals surface area (Å²) in [5.74, 6) is 3.35. The zero-order valence-corrected chi connectivity index (χ0v) is 18.3. The third kappa shape index (κ3) is 5.59. The van der Waals surface area contributed by atoms with Gasteiger partial charge in [0.05, 0.1) is 6.20 Å². The molecule has 3 rings (SSSR count). The van der Waals surface area contributed by atoms with Crippen LogP contribution in [-0.2, 0) is 7.05 Å². The quantitative estimate of drug-likeness (QED) is 0.425. The maximum absolute atomic E-state index is 5.00. The zero-order chi connectivity index (χ0) is 16.9. The number of aliphatic imine (C=N–C) groups is 1. The van der Waals surface area contributed by atoms with E-state index in [-0.39, 0.29) is 24.0 Å².